The SMILES string of the molecule is COc1ccc(O[C@@H](C)C(=O)N(C)c2ccccc2)c(C=O)c1. The van der Waals surface area contributed by atoms with Crippen LogP contribution in [-0.4, -0.2) is 32.5 Å². The second-order valence-corrected chi connectivity index (χ2v) is 5.01. The highest BCUT2D eigenvalue weighted by Gasteiger charge is 2.21. The van der Waals surface area contributed by atoms with E-state index < -0.39 is 6.10 Å². The largest absolute Gasteiger partial charge is 0.497 e. The quantitative estimate of drug-likeness (QED) is 0.769. The number of ether oxygens (including phenoxy) is 2. The summed E-state index contributed by atoms with van der Waals surface area (Å²) in [5.74, 6) is 0.701. The third kappa shape index (κ3) is 3.88. The fraction of sp³-hybridized carbons (Fsp3) is 0.222. The highest BCUT2D eigenvalue weighted by molar-refractivity contribution is 5.96. The smallest absolute Gasteiger partial charge is 0.267 e. The lowest BCUT2D eigenvalue weighted by atomic mass is 10.2. The number of anilines is 1. The van der Waals surface area contributed by atoms with E-state index >= 15 is 0 Å². The summed E-state index contributed by atoms with van der Waals surface area (Å²) >= 11 is 0. The molecule has 0 N–H and O–H groups in total. The van der Waals surface area contributed by atoms with Gasteiger partial charge < -0.3 is 14.4 Å². The molecular weight excluding hydrogens is 294 g/mol. The maximum absolute atomic E-state index is 12.5. The van der Waals surface area contributed by atoms with Crippen molar-refractivity contribution in [3.63, 3.8) is 0 Å². The maximum atomic E-state index is 12.5. The van der Waals surface area contributed by atoms with Crippen LogP contribution in [0.5, 0.6) is 11.5 Å². The molecule has 2 aromatic carbocycles. The van der Waals surface area contributed by atoms with Crippen LogP contribution >= 0.6 is 0 Å². The summed E-state index contributed by atoms with van der Waals surface area (Å²) in [5, 5.41) is 0. The van der Waals surface area contributed by atoms with E-state index in [-0.39, 0.29) is 5.91 Å². The number of hydrogen-bond acceptors (Lipinski definition) is 4. The average Bonchev–Trinajstić information content (AvgIpc) is 2.61. The van der Waals surface area contributed by atoms with Crippen molar-refractivity contribution < 1.29 is 19.1 Å². The van der Waals surface area contributed by atoms with Gasteiger partial charge in [-0.3, -0.25) is 9.59 Å². The number of rotatable bonds is 6. The first-order valence-electron chi connectivity index (χ1n) is 7.19. The molecule has 0 bridgehead atoms. The molecule has 1 atom stereocenters. The summed E-state index contributed by atoms with van der Waals surface area (Å²) in [7, 11) is 3.21. The fourth-order valence-electron chi connectivity index (χ4n) is 2.15. The standard InChI is InChI=1S/C18H19NO4/c1-13(18(21)19(2)15-7-5-4-6-8-15)23-17-10-9-16(22-3)11-14(17)12-20/h4-13H,1-3H3/t13-/m0/s1. The van der Waals surface area contributed by atoms with E-state index in [9.17, 15) is 9.59 Å². The molecule has 0 unspecified atom stereocenters. The van der Waals surface area contributed by atoms with E-state index in [1.165, 1.54) is 12.0 Å². The van der Waals surface area contributed by atoms with Gasteiger partial charge in [-0.2, -0.15) is 0 Å². The molecule has 120 valence electrons. The minimum atomic E-state index is -0.729. The van der Waals surface area contributed by atoms with Crippen LogP contribution in [0.2, 0.25) is 0 Å². The summed E-state index contributed by atoms with van der Waals surface area (Å²) in [6.07, 6.45) is -0.0528. The number of amides is 1. The van der Waals surface area contributed by atoms with Crippen LogP contribution in [-0.2, 0) is 4.79 Å². The molecule has 0 radical (unpaired) electrons. The molecule has 1 amide bonds. The highest BCUT2D eigenvalue weighted by atomic mass is 16.5. The zero-order chi connectivity index (χ0) is 16.8. The van der Waals surface area contributed by atoms with Crippen LogP contribution in [0.15, 0.2) is 48.5 Å². The lowest BCUT2D eigenvalue weighted by molar-refractivity contribution is -0.124. The van der Waals surface area contributed by atoms with Crippen LogP contribution in [0.1, 0.15) is 17.3 Å². The lowest BCUT2D eigenvalue weighted by Crippen LogP contribution is -2.38. The Hall–Kier alpha value is -2.82. The molecule has 0 fully saturated rings. The predicted octanol–water partition coefficient (Wildman–Crippen LogP) is 2.94. The molecule has 0 aliphatic heterocycles. The van der Waals surface area contributed by atoms with Gasteiger partial charge in [0.05, 0.1) is 12.7 Å². The molecular formula is C18H19NO4. The van der Waals surface area contributed by atoms with Gasteiger partial charge in [0, 0.05) is 12.7 Å². The Morgan fingerprint density at radius 1 is 1.17 bits per heavy atom. The second-order valence-electron chi connectivity index (χ2n) is 5.01. The molecule has 23 heavy (non-hydrogen) atoms. The summed E-state index contributed by atoms with van der Waals surface area (Å²) in [6, 6.07) is 14.2. The first-order valence-corrected chi connectivity index (χ1v) is 7.19. The summed E-state index contributed by atoms with van der Waals surface area (Å²) < 4.78 is 10.7. The van der Waals surface area contributed by atoms with Gasteiger partial charge in [0.2, 0.25) is 0 Å². The molecule has 0 heterocycles. The van der Waals surface area contributed by atoms with Crippen molar-refractivity contribution in [3.8, 4) is 11.5 Å². The van der Waals surface area contributed by atoms with Gasteiger partial charge in [0.1, 0.15) is 11.5 Å². The van der Waals surface area contributed by atoms with Crippen molar-refractivity contribution in [2.45, 2.75) is 13.0 Å². The van der Waals surface area contributed by atoms with Crippen LogP contribution in [0, 0.1) is 0 Å². The number of carbonyl (C=O) groups is 2. The molecule has 2 aromatic rings. The number of hydrogen-bond donors (Lipinski definition) is 0. The van der Waals surface area contributed by atoms with Crippen molar-refractivity contribution in [1.29, 1.82) is 0 Å². The Kier molecular flexibility index (Phi) is 5.36. The zero-order valence-electron chi connectivity index (χ0n) is 13.4. The van der Waals surface area contributed by atoms with Gasteiger partial charge >= 0.3 is 0 Å². The number of methoxy groups -OCH3 is 1. The molecule has 0 aromatic heterocycles. The van der Waals surface area contributed by atoms with Crippen LogP contribution in [0.3, 0.4) is 0 Å². The topological polar surface area (TPSA) is 55.8 Å². The van der Waals surface area contributed by atoms with Crippen molar-refractivity contribution >= 4 is 17.9 Å². The van der Waals surface area contributed by atoms with Gasteiger partial charge in [-0.1, -0.05) is 18.2 Å². The fourth-order valence-corrected chi connectivity index (χ4v) is 2.15. The maximum Gasteiger partial charge on any atom is 0.267 e. The Bertz CT molecular complexity index is 685. The Morgan fingerprint density at radius 2 is 1.87 bits per heavy atom. The van der Waals surface area contributed by atoms with E-state index in [1.54, 1.807) is 32.2 Å². The van der Waals surface area contributed by atoms with Crippen molar-refractivity contribution in [2.75, 3.05) is 19.1 Å². The minimum absolute atomic E-state index is 0.205. The van der Waals surface area contributed by atoms with Gasteiger partial charge in [-0.15, -0.1) is 0 Å². The number of likely N-dealkylation sites (N-methyl/N-ethyl adjacent to an activating group) is 1. The van der Waals surface area contributed by atoms with Crippen molar-refractivity contribution in [3.05, 3.63) is 54.1 Å². The lowest BCUT2D eigenvalue weighted by Gasteiger charge is -2.22. The summed E-state index contributed by atoms with van der Waals surface area (Å²) in [4.78, 5) is 25.2. The third-order valence-electron chi connectivity index (χ3n) is 3.47. The monoisotopic (exact) mass is 313 g/mol. The van der Waals surface area contributed by atoms with Gasteiger partial charge in [0.15, 0.2) is 12.4 Å². The number of nitrogens with zero attached hydrogens (tertiary/aromatic N) is 1. The second kappa shape index (κ2) is 7.45. The van der Waals surface area contributed by atoms with E-state index in [4.69, 9.17) is 9.47 Å². The molecule has 0 saturated heterocycles. The first kappa shape index (κ1) is 16.5. The summed E-state index contributed by atoms with van der Waals surface area (Å²) in [5.41, 5.74) is 1.12. The number of para-hydroxylation sites is 1. The van der Waals surface area contributed by atoms with Crippen LogP contribution in [0.25, 0.3) is 0 Å². The van der Waals surface area contributed by atoms with Crippen LogP contribution < -0.4 is 14.4 Å². The molecule has 0 spiro atoms. The summed E-state index contributed by atoms with van der Waals surface area (Å²) in [6.45, 7) is 1.65. The van der Waals surface area contributed by atoms with E-state index in [0.29, 0.717) is 23.3 Å². The van der Waals surface area contributed by atoms with Crippen molar-refractivity contribution in [2.24, 2.45) is 0 Å². The molecule has 5 nitrogen and oxygen atoms in total. The molecule has 0 saturated carbocycles. The highest BCUT2D eigenvalue weighted by Crippen LogP contribution is 2.24. The Labute approximate surface area is 135 Å². The van der Waals surface area contributed by atoms with Gasteiger partial charge in [0.25, 0.3) is 5.91 Å². The van der Waals surface area contributed by atoms with Gasteiger partial charge in [-0.25, -0.2) is 0 Å². The first-order chi connectivity index (χ1) is 11.1. The Morgan fingerprint density at radius 3 is 2.48 bits per heavy atom. The average molecular weight is 313 g/mol. The normalized spacial score (nSPS) is 11.4. The van der Waals surface area contributed by atoms with Gasteiger partial charge in [-0.05, 0) is 37.3 Å². The third-order valence-corrected chi connectivity index (χ3v) is 3.47. The number of aldehydes is 1. The van der Waals surface area contributed by atoms with Crippen molar-refractivity contribution in [1.82, 2.24) is 0 Å². The molecule has 5 heteroatoms. The minimum Gasteiger partial charge on any atom is -0.497 e. The molecule has 0 aliphatic carbocycles. The Balaban J connectivity index is 2.14. The molecule has 0 aliphatic rings. The molecule has 2 rings (SSSR count). The van der Waals surface area contributed by atoms with E-state index in [1.807, 2.05) is 30.3 Å². The zero-order valence-corrected chi connectivity index (χ0v) is 13.4. The van der Waals surface area contributed by atoms with Crippen LogP contribution in [0.4, 0.5) is 5.69 Å². The predicted molar refractivity (Wildman–Crippen MR) is 88.3 cm³/mol. The van der Waals surface area contributed by atoms with E-state index in [2.05, 4.69) is 0 Å². The van der Waals surface area contributed by atoms with E-state index in [0.717, 1.165) is 5.69 Å². The number of carbonyl (C=O) groups excluding carboxylic acids is 2. The number of benzene rings is 2.